The van der Waals surface area contributed by atoms with Crippen LogP contribution in [0.3, 0.4) is 0 Å². The fourth-order valence-electron chi connectivity index (χ4n) is 1.62. The first-order valence-corrected chi connectivity index (χ1v) is 6.26. The van der Waals surface area contributed by atoms with Gasteiger partial charge in [-0.25, -0.2) is 0 Å². The van der Waals surface area contributed by atoms with Gasteiger partial charge in [-0.3, -0.25) is 0 Å². The van der Waals surface area contributed by atoms with Gasteiger partial charge >= 0.3 is 0 Å². The highest BCUT2D eigenvalue weighted by atomic mass is 16.5. The van der Waals surface area contributed by atoms with E-state index in [1.165, 1.54) is 7.11 Å². The molecule has 6 heteroatoms. The van der Waals surface area contributed by atoms with E-state index in [0.717, 1.165) is 6.42 Å². The molecule has 0 fully saturated rings. The van der Waals surface area contributed by atoms with Crippen molar-refractivity contribution in [1.29, 1.82) is 0 Å². The van der Waals surface area contributed by atoms with Gasteiger partial charge in [-0.15, -0.1) is 0 Å². The molecule has 3 N–H and O–H groups in total. The van der Waals surface area contributed by atoms with Crippen LogP contribution >= 0.6 is 0 Å². The maximum Gasteiger partial charge on any atom is 0.147 e. The molecule has 0 amide bonds. The highest BCUT2D eigenvalue weighted by Gasteiger charge is 2.44. The molecule has 0 aliphatic carbocycles. The molecule has 0 bridgehead atoms. The summed E-state index contributed by atoms with van der Waals surface area (Å²) < 4.78 is 15.4. The third-order valence-corrected chi connectivity index (χ3v) is 2.86. The van der Waals surface area contributed by atoms with Gasteiger partial charge in [0.05, 0.1) is 19.8 Å². The highest BCUT2D eigenvalue weighted by molar-refractivity contribution is 4.94. The largest absolute Gasteiger partial charge is 0.393 e. The second-order valence-electron chi connectivity index (χ2n) is 4.08. The molecule has 0 spiro atoms. The highest BCUT2D eigenvalue weighted by Crippen LogP contribution is 2.21. The molecule has 0 radical (unpaired) electrons. The van der Waals surface area contributed by atoms with E-state index >= 15 is 0 Å². The molecule has 0 aromatic carbocycles. The number of hydrogen-bond donors (Lipinski definition) is 3. The Bertz CT molecular complexity index is 195. The molecule has 110 valence electrons. The second-order valence-corrected chi connectivity index (χ2v) is 4.08. The zero-order chi connectivity index (χ0) is 14.0. The van der Waals surface area contributed by atoms with Crippen LogP contribution in [-0.2, 0) is 14.2 Å². The Kier molecular flexibility index (Phi) is 9.53. The van der Waals surface area contributed by atoms with Gasteiger partial charge in [0, 0.05) is 20.3 Å². The number of ether oxygens (including phenoxy) is 3. The quantitative estimate of drug-likeness (QED) is 0.439. The van der Waals surface area contributed by atoms with Crippen LogP contribution in [0.1, 0.15) is 20.3 Å². The lowest BCUT2D eigenvalue weighted by molar-refractivity contribution is -0.208. The molecule has 0 aromatic heterocycles. The maximum absolute atomic E-state index is 10.0. The van der Waals surface area contributed by atoms with Crippen molar-refractivity contribution in [3.05, 3.63) is 0 Å². The van der Waals surface area contributed by atoms with Gasteiger partial charge in [-0.05, 0) is 13.3 Å². The fourth-order valence-corrected chi connectivity index (χ4v) is 1.62. The molecule has 0 aromatic rings. The molecule has 3 unspecified atom stereocenters. The summed E-state index contributed by atoms with van der Waals surface area (Å²) >= 11 is 0. The average Bonchev–Trinajstić information content (AvgIpc) is 2.38. The fraction of sp³-hybridized carbons (Fsp3) is 1.00. The van der Waals surface area contributed by atoms with Gasteiger partial charge in [-0.1, -0.05) is 6.92 Å². The van der Waals surface area contributed by atoms with Crippen molar-refractivity contribution < 1.29 is 29.5 Å². The minimum Gasteiger partial charge on any atom is -0.393 e. The van der Waals surface area contributed by atoms with E-state index in [4.69, 9.17) is 14.2 Å². The van der Waals surface area contributed by atoms with Crippen molar-refractivity contribution in [2.75, 3.05) is 40.1 Å². The Hall–Kier alpha value is -0.240. The Morgan fingerprint density at radius 2 is 1.61 bits per heavy atom. The van der Waals surface area contributed by atoms with Gasteiger partial charge in [0.2, 0.25) is 0 Å². The predicted molar refractivity (Wildman–Crippen MR) is 66.4 cm³/mol. The van der Waals surface area contributed by atoms with E-state index in [0.29, 0.717) is 13.2 Å². The predicted octanol–water partition coefficient (Wildman–Crippen LogP) is -0.451. The Labute approximate surface area is 108 Å². The van der Waals surface area contributed by atoms with E-state index in [-0.39, 0.29) is 13.2 Å². The summed E-state index contributed by atoms with van der Waals surface area (Å²) in [5, 5.41) is 29.4. The van der Waals surface area contributed by atoms with Crippen molar-refractivity contribution in [1.82, 2.24) is 0 Å². The van der Waals surface area contributed by atoms with Crippen LogP contribution in [0.25, 0.3) is 0 Å². The third-order valence-electron chi connectivity index (χ3n) is 2.86. The lowest BCUT2D eigenvalue weighted by atomic mass is 9.91. The van der Waals surface area contributed by atoms with Gasteiger partial charge in [-0.2, -0.15) is 0 Å². The standard InChI is InChI=1S/C12H26O6/c1-4-6-18-8-11(15)12(9-13,16-3)10(14)7-17-5-2/h10-11,13-15H,4-9H2,1-3H3. The first-order chi connectivity index (χ1) is 8.58. The third kappa shape index (κ3) is 4.79. The molecule has 0 saturated heterocycles. The summed E-state index contributed by atoms with van der Waals surface area (Å²) in [7, 11) is 1.33. The Morgan fingerprint density at radius 1 is 1.06 bits per heavy atom. The zero-order valence-corrected chi connectivity index (χ0v) is 11.5. The van der Waals surface area contributed by atoms with E-state index in [1.807, 2.05) is 6.92 Å². The number of aliphatic hydroxyl groups excluding tert-OH is 3. The minimum absolute atomic E-state index is 0.00851. The summed E-state index contributed by atoms with van der Waals surface area (Å²) in [5.41, 5.74) is -1.48. The van der Waals surface area contributed by atoms with Gasteiger partial charge < -0.3 is 29.5 Å². The molecule has 0 saturated carbocycles. The van der Waals surface area contributed by atoms with Crippen LogP contribution in [0.4, 0.5) is 0 Å². The van der Waals surface area contributed by atoms with E-state index < -0.39 is 24.4 Å². The summed E-state index contributed by atoms with van der Waals surface area (Å²) in [6.45, 7) is 4.14. The SMILES string of the molecule is CCCOCC(O)C(CO)(OC)C(O)COCC. The summed E-state index contributed by atoms with van der Waals surface area (Å²) in [6.07, 6.45) is -1.44. The molecule has 3 atom stereocenters. The lowest BCUT2D eigenvalue weighted by Crippen LogP contribution is -2.59. The summed E-state index contributed by atoms with van der Waals surface area (Å²) in [4.78, 5) is 0. The second kappa shape index (κ2) is 9.66. The topological polar surface area (TPSA) is 88.4 Å². The van der Waals surface area contributed by atoms with Crippen LogP contribution < -0.4 is 0 Å². The number of methoxy groups -OCH3 is 1. The molecule has 0 heterocycles. The van der Waals surface area contributed by atoms with Crippen molar-refractivity contribution in [3.8, 4) is 0 Å². The van der Waals surface area contributed by atoms with Crippen molar-refractivity contribution in [2.45, 2.75) is 38.1 Å². The number of rotatable bonds is 11. The van der Waals surface area contributed by atoms with Crippen molar-refractivity contribution in [3.63, 3.8) is 0 Å². The molecule has 18 heavy (non-hydrogen) atoms. The minimum atomic E-state index is -1.48. The van der Waals surface area contributed by atoms with Crippen LogP contribution in [0.15, 0.2) is 0 Å². The van der Waals surface area contributed by atoms with Crippen molar-refractivity contribution >= 4 is 0 Å². The average molecular weight is 266 g/mol. The normalized spacial score (nSPS) is 18.3. The number of aliphatic hydroxyl groups is 3. The molecule has 0 aliphatic heterocycles. The van der Waals surface area contributed by atoms with E-state index in [9.17, 15) is 15.3 Å². The van der Waals surface area contributed by atoms with E-state index in [1.54, 1.807) is 6.92 Å². The smallest absolute Gasteiger partial charge is 0.147 e. The Balaban J connectivity index is 4.55. The molecular weight excluding hydrogens is 240 g/mol. The molecule has 0 rings (SSSR count). The van der Waals surface area contributed by atoms with Crippen molar-refractivity contribution in [2.24, 2.45) is 0 Å². The molecule has 6 nitrogen and oxygen atoms in total. The lowest BCUT2D eigenvalue weighted by Gasteiger charge is -2.38. The Morgan fingerprint density at radius 3 is 2.00 bits per heavy atom. The van der Waals surface area contributed by atoms with Crippen LogP contribution in [0, 0.1) is 0 Å². The molecular formula is C12H26O6. The zero-order valence-electron chi connectivity index (χ0n) is 11.5. The van der Waals surface area contributed by atoms with E-state index in [2.05, 4.69) is 0 Å². The van der Waals surface area contributed by atoms with Crippen LogP contribution in [-0.4, -0.2) is 73.3 Å². The monoisotopic (exact) mass is 266 g/mol. The van der Waals surface area contributed by atoms with Gasteiger partial charge in [0.1, 0.15) is 17.8 Å². The van der Waals surface area contributed by atoms with Gasteiger partial charge in [0.25, 0.3) is 0 Å². The summed E-state index contributed by atoms with van der Waals surface area (Å²) in [5.74, 6) is 0. The molecule has 0 aliphatic rings. The van der Waals surface area contributed by atoms with Crippen LogP contribution in [0.5, 0.6) is 0 Å². The first-order valence-electron chi connectivity index (χ1n) is 6.26. The van der Waals surface area contributed by atoms with Gasteiger partial charge in [0.15, 0.2) is 0 Å². The number of hydrogen-bond acceptors (Lipinski definition) is 6. The summed E-state index contributed by atoms with van der Waals surface area (Å²) in [6, 6.07) is 0. The maximum atomic E-state index is 10.0. The first kappa shape index (κ1) is 17.8. The van der Waals surface area contributed by atoms with Crippen LogP contribution in [0.2, 0.25) is 0 Å².